The van der Waals surface area contributed by atoms with Gasteiger partial charge >= 0.3 is 11.9 Å². The van der Waals surface area contributed by atoms with Crippen LogP contribution >= 0.6 is 0 Å². The van der Waals surface area contributed by atoms with Crippen LogP contribution < -0.4 is 15.4 Å². The second-order valence-corrected chi connectivity index (χ2v) is 12.3. The van der Waals surface area contributed by atoms with Gasteiger partial charge in [0.2, 0.25) is 24.5 Å². The van der Waals surface area contributed by atoms with E-state index in [1.165, 1.54) is 6.92 Å². The highest BCUT2D eigenvalue weighted by Crippen LogP contribution is 2.30. The lowest BCUT2D eigenvalue weighted by Gasteiger charge is -2.31. The van der Waals surface area contributed by atoms with Gasteiger partial charge in [0.25, 0.3) is 0 Å². The standard InChI is InChI=1S/C18H33N3O4.C16H20O7.C2H6/c1-4-18(2,9-13-22)14-17(25)21(3)12-7-5-6-8-16(24)20-11-10-19-15-23;1-9-5-11(8-21-10(2)17)3-4-13(9)22-15-7-12(18)6-14(23-15)16(19)20;1-2/h13,15H,4-12,14H2,1-3H3,(H,19,23)(H,20,24);3-5,12,14-15,18H,6-8H2,1-2H3,(H,19,20);1-2H3. The summed E-state index contributed by atoms with van der Waals surface area (Å²) in [6, 6.07) is 5.26. The van der Waals surface area contributed by atoms with Crippen LogP contribution in [-0.4, -0.2) is 96.7 Å². The maximum Gasteiger partial charge on any atom is 0.333 e. The number of nitrogens with one attached hydrogen (secondary N) is 2. The topological polar surface area (TPSA) is 198 Å². The first-order valence-electron chi connectivity index (χ1n) is 17.3. The molecule has 1 aromatic rings. The number of esters is 1. The molecule has 14 nitrogen and oxygen atoms in total. The van der Waals surface area contributed by atoms with Crippen molar-refractivity contribution in [3.8, 4) is 5.75 Å². The number of unbranched alkanes of at least 4 members (excludes halogenated alkanes) is 2. The monoisotopic (exact) mass is 709 g/mol. The second-order valence-electron chi connectivity index (χ2n) is 12.3. The molecule has 1 aliphatic rings. The van der Waals surface area contributed by atoms with Gasteiger partial charge in [0, 0.05) is 65.7 Å². The number of aliphatic hydroxyl groups excluding tert-OH is 1. The molecular weight excluding hydrogens is 650 g/mol. The van der Waals surface area contributed by atoms with Crippen LogP contribution in [0.25, 0.3) is 0 Å². The van der Waals surface area contributed by atoms with Crippen LogP contribution in [0, 0.1) is 12.3 Å². The van der Waals surface area contributed by atoms with Crippen LogP contribution in [0.3, 0.4) is 0 Å². The minimum Gasteiger partial charge on any atom is -0.479 e. The van der Waals surface area contributed by atoms with E-state index in [-0.39, 0.29) is 42.6 Å². The predicted molar refractivity (Wildman–Crippen MR) is 187 cm³/mol. The lowest BCUT2D eigenvalue weighted by molar-refractivity contribution is -0.195. The van der Waals surface area contributed by atoms with Crippen molar-refractivity contribution in [1.82, 2.24) is 15.5 Å². The summed E-state index contributed by atoms with van der Waals surface area (Å²) in [7, 11) is 1.78. The molecule has 1 aliphatic heterocycles. The van der Waals surface area contributed by atoms with Crippen molar-refractivity contribution in [2.45, 2.75) is 124 Å². The molecule has 1 heterocycles. The van der Waals surface area contributed by atoms with Crippen molar-refractivity contribution in [3.05, 3.63) is 29.3 Å². The summed E-state index contributed by atoms with van der Waals surface area (Å²) in [4.78, 5) is 68.1. The molecule has 50 heavy (non-hydrogen) atoms. The van der Waals surface area contributed by atoms with Crippen molar-refractivity contribution >= 4 is 36.4 Å². The Bertz CT molecular complexity index is 1200. The first-order chi connectivity index (χ1) is 23.7. The third-order valence-corrected chi connectivity index (χ3v) is 7.99. The Hall–Kier alpha value is -4.04. The molecular formula is C36H59N3O11. The number of benzene rings is 1. The van der Waals surface area contributed by atoms with E-state index in [0.717, 1.165) is 43.1 Å². The number of aliphatic hydroxyl groups is 1. The number of carboxylic acid groups (broad SMARTS) is 1. The molecule has 2 rings (SSSR count). The van der Waals surface area contributed by atoms with E-state index in [0.29, 0.717) is 51.1 Å². The van der Waals surface area contributed by atoms with Crippen LogP contribution in [0.1, 0.15) is 104 Å². The molecule has 0 radical (unpaired) electrons. The van der Waals surface area contributed by atoms with Crippen molar-refractivity contribution < 1.29 is 53.2 Å². The van der Waals surface area contributed by atoms with Crippen molar-refractivity contribution in [1.29, 1.82) is 0 Å². The van der Waals surface area contributed by atoms with Gasteiger partial charge in [-0.2, -0.15) is 0 Å². The molecule has 4 unspecified atom stereocenters. The number of hydrogen-bond donors (Lipinski definition) is 4. The average Bonchev–Trinajstić information content (AvgIpc) is 3.07. The van der Waals surface area contributed by atoms with Crippen LogP contribution in [0.4, 0.5) is 0 Å². The molecule has 0 bridgehead atoms. The average molecular weight is 710 g/mol. The van der Waals surface area contributed by atoms with Gasteiger partial charge in [-0.1, -0.05) is 40.2 Å². The van der Waals surface area contributed by atoms with E-state index in [1.54, 1.807) is 24.1 Å². The Kier molecular flexibility index (Phi) is 23.8. The zero-order valence-corrected chi connectivity index (χ0v) is 30.8. The summed E-state index contributed by atoms with van der Waals surface area (Å²) in [5.74, 6) is -0.908. The molecule has 1 fully saturated rings. The Morgan fingerprint density at radius 1 is 1.10 bits per heavy atom. The van der Waals surface area contributed by atoms with Gasteiger partial charge in [-0.15, -0.1) is 0 Å². The number of hydrogen-bond acceptors (Lipinski definition) is 10. The zero-order chi connectivity index (χ0) is 38.1. The Morgan fingerprint density at radius 2 is 1.80 bits per heavy atom. The van der Waals surface area contributed by atoms with E-state index in [9.17, 15) is 33.9 Å². The molecule has 3 amide bonds. The van der Waals surface area contributed by atoms with E-state index in [1.807, 2.05) is 40.7 Å². The number of amides is 3. The molecule has 4 atom stereocenters. The minimum absolute atomic E-state index is 0.0234. The first-order valence-corrected chi connectivity index (χ1v) is 17.3. The molecule has 0 spiro atoms. The maximum absolute atomic E-state index is 12.3. The number of aryl methyl sites for hydroxylation is 1. The van der Waals surface area contributed by atoms with Gasteiger partial charge in [-0.25, -0.2) is 4.79 Å². The summed E-state index contributed by atoms with van der Waals surface area (Å²) >= 11 is 0. The summed E-state index contributed by atoms with van der Waals surface area (Å²) in [5.41, 5.74) is 1.35. The van der Waals surface area contributed by atoms with E-state index in [4.69, 9.17) is 19.3 Å². The van der Waals surface area contributed by atoms with Gasteiger partial charge < -0.3 is 44.8 Å². The summed E-state index contributed by atoms with van der Waals surface area (Å²) in [5, 5.41) is 23.9. The Morgan fingerprint density at radius 3 is 2.38 bits per heavy atom. The van der Waals surface area contributed by atoms with Crippen LogP contribution in [0.15, 0.2) is 18.2 Å². The number of nitrogens with zero attached hydrogens (tertiary/aromatic N) is 1. The summed E-state index contributed by atoms with van der Waals surface area (Å²) < 4.78 is 15.9. The second kappa shape index (κ2) is 25.9. The molecule has 1 aromatic carbocycles. The van der Waals surface area contributed by atoms with E-state index in [2.05, 4.69) is 10.6 Å². The molecule has 0 saturated carbocycles. The molecule has 14 heteroatoms. The summed E-state index contributed by atoms with van der Waals surface area (Å²) in [6.07, 6.45) is 3.59. The fourth-order valence-corrected chi connectivity index (χ4v) is 4.75. The number of aliphatic carboxylic acids is 1. The number of rotatable bonds is 20. The van der Waals surface area contributed by atoms with Crippen molar-refractivity contribution in [3.63, 3.8) is 0 Å². The molecule has 1 saturated heterocycles. The summed E-state index contributed by atoms with van der Waals surface area (Å²) in [6.45, 7) is 12.8. The van der Waals surface area contributed by atoms with Crippen LogP contribution in [0.5, 0.6) is 5.75 Å². The third kappa shape index (κ3) is 19.8. The maximum atomic E-state index is 12.3. The molecule has 0 aromatic heterocycles. The van der Waals surface area contributed by atoms with Crippen molar-refractivity contribution in [2.75, 3.05) is 26.7 Å². The quantitative estimate of drug-likeness (QED) is 0.0876. The van der Waals surface area contributed by atoms with E-state index < -0.39 is 24.5 Å². The number of aldehydes is 1. The lowest BCUT2D eigenvalue weighted by Crippen LogP contribution is -2.42. The number of carboxylic acids is 1. The fourth-order valence-electron chi connectivity index (χ4n) is 4.75. The highest BCUT2D eigenvalue weighted by molar-refractivity contribution is 5.77. The fraction of sp³-hybridized carbons (Fsp3) is 0.667. The Labute approximate surface area is 296 Å². The van der Waals surface area contributed by atoms with Crippen LogP contribution in [0.2, 0.25) is 0 Å². The predicted octanol–water partition coefficient (Wildman–Crippen LogP) is 3.68. The van der Waals surface area contributed by atoms with Gasteiger partial charge in [0.05, 0.1) is 6.10 Å². The highest BCUT2D eigenvalue weighted by atomic mass is 16.7. The Balaban J connectivity index is 0.000000916. The van der Waals surface area contributed by atoms with E-state index >= 15 is 0 Å². The molecule has 284 valence electrons. The van der Waals surface area contributed by atoms with Gasteiger partial charge in [0.15, 0.2) is 6.10 Å². The van der Waals surface area contributed by atoms with Crippen LogP contribution in [-0.2, 0) is 44.8 Å². The smallest absolute Gasteiger partial charge is 0.333 e. The first kappa shape index (κ1) is 46.0. The normalized spacial score (nSPS) is 17.6. The van der Waals surface area contributed by atoms with Gasteiger partial charge in [0.1, 0.15) is 18.6 Å². The number of ether oxygens (including phenoxy) is 3. The minimum atomic E-state index is -1.12. The number of carbonyl (C=O) groups excluding carboxylic acids is 5. The SMILES string of the molecule is CC.CC(=O)OCc1ccc(OC2CC(O)CC(C(=O)O)O2)c(C)c1.CCC(C)(CC=O)CC(=O)N(C)CCCCCC(=O)NCCNC=O. The number of carbonyl (C=O) groups is 6. The van der Waals surface area contributed by atoms with Crippen molar-refractivity contribution in [2.24, 2.45) is 5.41 Å². The highest BCUT2D eigenvalue weighted by Gasteiger charge is 2.34. The lowest BCUT2D eigenvalue weighted by atomic mass is 9.81. The molecule has 0 aliphatic carbocycles. The zero-order valence-electron chi connectivity index (χ0n) is 30.8. The third-order valence-electron chi connectivity index (χ3n) is 7.99. The molecule has 4 N–H and O–H groups in total. The largest absolute Gasteiger partial charge is 0.479 e. The van der Waals surface area contributed by atoms with Gasteiger partial charge in [-0.3, -0.25) is 19.2 Å². The van der Waals surface area contributed by atoms with Gasteiger partial charge in [-0.05, 0) is 54.9 Å².